The molecule has 0 saturated heterocycles. The van der Waals surface area contributed by atoms with Crippen molar-refractivity contribution in [1.29, 1.82) is 0 Å². The molecule has 0 bridgehead atoms. The number of carbonyl (C=O) groups excluding carboxylic acids is 1. The van der Waals surface area contributed by atoms with Gasteiger partial charge in [-0.2, -0.15) is 4.80 Å². The Morgan fingerprint density at radius 3 is 2.02 bits per heavy atom. The number of ether oxygens (including phenoxy) is 3. The van der Waals surface area contributed by atoms with Crippen molar-refractivity contribution in [3.05, 3.63) is 53.9 Å². The van der Waals surface area contributed by atoms with E-state index in [0.717, 1.165) is 24.9 Å². The SMILES string of the molecule is CCCCCCCCCCCCn1nnc(CC(C(=O)Nc2c(OC)cc(OC)cc2OC)c2ccccc2)n1. The Morgan fingerprint density at radius 2 is 1.45 bits per heavy atom. The Balaban J connectivity index is 1.59. The molecule has 1 unspecified atom stereocenters. The topological polar surface area (TPSA) is 100 Å². The van der Waals surface area contributed by atoms with Crippen molar-refractivity contribution in [3.63, 3.8) is 0 Å². The zero-order valence-corrected chi connectivity index (χ0v) is 24.5. The third-order valence-corrected chi connectivity index (χ3v) is 7.07. The molecular weight excluding hydrogens is 506 g/mol. The highest BCUT2D eigenvalue weighted by atomic mass is 16.5. The van der Waals surface area contributed by atoms with E-state index in [0.29, 0.717) is 35.2 Å². The van der Waals surface area contributed by atoms with Crippen LogP contribution >= 0.6 is 0 Å². The zero-order chi connectivity index (χ0) is 28.6. The first-order chi connectivity index (χ1) is 19.6. The van der Waals surface area contributed by atoms with E-state index in [1.807, 2.05) is 30.3 Å². The van der Waals surface area contributed by atoms with Crippen molar-refractivity contribution < 1.29 is 19.0 Å². The molecule has 3 aromatic rings. The third kappa shape index (κ3) is 9.54. The molecule has 1 heterocycles. The zero-order valence-electron chi connectivity index (χ0n) is 24.5. The summed E-state index contributed by atoms with van der Waals surface area (Å²) >= 11 is 0. The normalized spacial score (nSPS) is 11.7. The summed E-state index contributed by atoms with van der Waals surface area (Å²) < 4.78 is 16.4. The number of aromatic nitrogens is 4. The van der Waals surface area contributed by atoms with E-state index in [9.17, 15) is 4.79 Å². The Kier molecular flexibility index (Phi) is 13.3. The van der Waals surface area contributed by atoms with Crippen molar-refractivity contribution in [1.82, 2.24) is 20.2 Å². The van der Waals surface area contributed by atoms with E-state index in [4.69, 9.17) is 14.2 Å². The van der Waals surface area contributed by atoms with Crippen molar-refractivity contribution in [2.75, 3.05) is 26.6 Å². The standard InChI is InChI=1S/C31H45N5O4/c1-5-6-7-8-9-10-11-12-13-17-20-36-34-29(33-35-36)23-26(24-18-15-14-16-19-24)31(37)32-30-27(39-3)21-25(38-2)22-28(30)40-4/h14-16,18-19,21-22,26H,5-13,17,20,23H2,1-4H3,(H,32,37). The highest BCUT2D eigenvalue weighted by molar-refractivity contribution is 5.98. The van der Waals surface area contributed by atoms with E-state index in [1.54, 1.807) is 24.0 Å². The van der Waals surface area contributed by atoms with E-state index >= 15 is 0 Å². The van der Waals surface area contributed by atoms with E-state index in [-0.39, 0.29) is 5.91 Å². The second kappa shape index (κ2) is 17.2. The van der Waals surface area contributed by atoms with Crippen LogP contribution in [-0.4, -0.2) is 47.4 Å². The number of aryl methyl sites for hydroxylation is 1. The first-order valence-electron chi connectivity index (χ1n) is 14.5. The first kappa shape index (κ1) is 30.9. The summed E-state index contributed by atoms with van der Waals surface area (Å²) in [6, 6.07) is 13.0. The second-order valence-corrected chi connectivity index (χ2v) is 10.0. The molecule has 0 aliphatic rings. The van der Waals surface area contributed by atoms with Gasteiger partial charge in [-0.25, -0.2) is 0 Å². The van der Waals surface area contributed by atoms with Crippen LogP contribution in [0.1, 0.15) is 88.4 Å². The third-order valence-electron chi connectivity index (χ3n) is 7.07. The van der Waals surface area contributed by atoms with Crippen LogP contribution in [0, 0.1) is 0 Å². The van der Waals surface area contributed by atoms with Crippen molar-refractivity contribution >= 4 is 11.6 Å². The maximum absolute atomic E-state index is 13.6. The average molecular weight is 552 g/mol. The van der Waals surface area contributed by atoms with Crippen LogP contribution in [0.25, 0.3) is 0 Å². The van der Waals surface area contributed by atoms with Gasteiger partial charge in [0.05, 0.1) is 33.8 Å². The predicted molar refractivity (Wildman–Crippen MR) is 157 cm³/mol. The van der Waals surface area contributed by atoms with Gasteiger partial charge in [0.2, 0.25) is 5.91 Å². The smallest absolute Gasteiger partial charge is 0.232 e. The number of tetrazole rings is 1. The molecule has 1 aromatic heterocycles. The van der Waals surface area contributed by atoms with Crippen LogP contribution in [0.4, 0.5) is 5.69 Å². The molecule has 0 spiro atoms. The summed E-state index contributed by atoms with van der Waals surface area (Å²) in [6.45, 7) is 2.98. The molecule has 0 fully saturated rings. The number of nitrogens with one attached hydrogen (secondary N) is 1. The summed E-state index contributed by atoms with van der Waals surface area (Å²) in [6.07, 6.45) is 13.1. The number of hydrogen-bond acceptors (Lipinski definition) is 7. The highest BCUT2D eigenvalue weighted by Gasteiger charge is 2.26. The molecule has 0 radical (unpaired) electrons. The largest absolute Gasteiger partial charge is 0.496 e. The molecule has 0 aliphatic carbocycles. The summed E-state index contributed by atoms with van der Waals surface area (Å²) in [5.41, 5.74) is 1.30. The van der Waals surface area contributed by atoms with Crippen LogP contribution in [-0.2, 0) is 17.8 Å². The molecule has 0 saturated carbocycles. The van der Waals surface area contributed by atoms with Gasteiger partial charge in [0.15, 0.2) is 5.82 Å². The molecule has 3 rings (SSSR count). The number of carbonyl (C=O) groups is 1. The van der Waals surface area contributed by atoms with E-state index in [2.05, 4.69) is 27.7 Å². The first-order valence-corrected chi connectivity index (χ1v) is 14.5. The molecule has 9 heteroatoms. The number of benzene rings is 2. The molecule has 40 heavy (non-hydrogen) atoms. The molecule has 218 valence electrons. The molecule has 1 atom stereocenters. The number of hydrogen-bond donors (Lipinski definition) is 1. The number of unbranched alkanes of at least 4 members (excludes halogenated alkanes) is 9. The fraction of sp³-hybridized carbons (Fsp3) is 0.548. The number of methoxy groups -OCH3 is 3. The van der Waals surface area contributed by atoms with Crippen LogP contribution in [0.5, 0.6) is 17.2 Å². The minimum absolute atomic E-state index is 0.223. The maximum Gasteiger partial charge on any atom is 0.232 e. The number of amides is 1. The minimum Gasteiger partial charge on any atom is -0.496 e. The lowest BCUT2D eigenvalue weighted by Crippen LogP contribution is -2.24. The van der Waals surface area contributed by atoms with Crippen LogP contribution in [0.3, 0.4) is 0 Å². The van der Waals surface area contributed by atoms with E-state index < -0.39 is 5.92 Å². The fourth-order valence-electron chi connectivity index (χ4n) is 4.76. The summed E-state index contributed by atoms with van der Waals surface area (Å²) in [5, 5.41) is 16.1. The van der Waals surface area contributed by atoms with Gasteiger partial charge in [-0.15, -0.1) is 10.2 Å². The van der Waals surface area contributed by atoms with E-state index in [1.165, 1.54) is 65.6 Å². The van der Waals surface area contributed by atoms with Gasteiger partial charge in [-0.1, -0.05) is 95.0 Å². The van der Waals surface area contributed by atoms with Crippen molar-refractivity contribution in [2.45, 2.75) is 90.0 Å². The van der Waals surface area contributed by atoms with Crippen LogP contribution < -0.4 is 19.5 Å². The van der Waals surface area contributed by atoms with Gasteiger partial charge in [0.25, 0.3) is 0 Å². The Labute approximate surface area is 238 Å². The van der Waals surface area contributed by atoms with Gasteiger partial charge in [-0.05, 0) is 17.2 Å². The Morgan fingerprint density at radius 1 is 0.850 bits per heavy atom. The van der Waals surface area contributed by atoms with Gasteiger partial charge < -0.3 is 19.5 Å². The van der Waals surface area contributed by atoms with Crippen LogP contribution in [0.2, 0.25) is 0 Å². The maximum atomic E-state index is 13.6. The van der Waals surface area contributed by atoms with Gasteiger partial charge in [-0.3, -0.25) is 4.79 Å². The van der Waals surface area contributed by atoms with Gasteiger partial charge in [0.1, 0.15) is 22.9 Å². The summed E-state index contributed by atoms with van der Waals surface area (Å²) in [4.78, 5) is 15.3. The number of anilines is 1. The summed E-state index contributed by atoms with van der Waals surface area (Å²) in [5.74, 6) is 1.22. The lowest BCUT2D eigenvalue weighted by molar-refractivity contribution is -0.117. The number of rotatable bonds is 19. The second-order valence-electron chi connectivity index (χ2n) is 10.0. The quantitative estimate of drug-likeness (QED) is 0.168. The molecule has 2 aromatic carbocycles. The fourth-order valence-corrected chi connectivity index (χ4v) is 4.76. The predicted octanol–water partition coefficient (Wildman–Crippen LogP) is 6.58. The molecular formula is C31H45N5O4. The van der Waals surface area contributed by atoms with Gasteiger partial charge in [0, 0.05) is 18.6 Å². The van der Waals surface area contributed by atoms with Crippen molar-refractivity contribution in [2.24, 2.45) is 0 Å². The summed E-state index contributed by atoms with van der Waals surface area (Å²) in [7, 11) is 4.64. The number of nitrogens with zero attached hydrogens (tertiary/aromatic N) is 4. The molecule has 1 amide bonds. The Bertz CT molecular complexity index is 1130. The lowest BCUT2D eigenvalue weighted by Gasteiger charge is -2.19. The molecule has 1 N–H and O–H groups in total. The minimum atomic E-state index is -0.535. The highest BCUT2D eigenvalue weighted by Crippen LogP contribution is 2.39. The lowest BCUT2D eigenvalue weighted by atomic mass is 9.94. The average Bonchev–Trinajstić information content (AvgIpc) is 3.44. The van der Waals surface area contributed by atoms with Gasteiger partial charge >= 0.3 is 0 Å². The monoisotopic (exact) mass is 551 g/mol. The van der Waals surface area contributed by atoms with Crippen LogP contribution in [0.15, 0.2) is 42.5 Å². The Hall–Kier alpha value is -3.62. The van der Waals surface area contributed by atoms with Crippen molar-refractivity contribution in [3.8, 4) is 17.2 Å². The molecule has 0 aliphatic heterocycles. The molecule has 9 nitrogen and oxygen atoms in total.